The number of halogens is 1. The van der Waals surface area contributed by atoms with Gasteiger partial charge in [-0.05, 0) is 91.9 Å². The number of fused-ring (bicyclic) bond motifs is 2. The number of rotatable bonds is 8. The number of carbonyl (C=O) groups excluding carboxylic acids is 3. The van der Waals surface area contributed by atoms with Crippen LogP contribution in [0.5, 0.6) is 10.8 Å². The van der Waals surface area contributed by atoms with Gasteiger partial charge in [0.1, 0.15) is 17.3 Å². The quantitative estimate of drug-likeness (QED) is 0.168. The lowest BCUT2D eigenvalue weighted by atomic mass is 10.0. The van der Waals surface area contributed by atoms with Crippen molar-refractivity contribution in [2.75, 3.05) is 36.5 Å². The van der Waals surface area contributed by atoms with Crippen molar-refractivity contribution in [3.63, 3.8) is 0 Å². The highest BCUT2D eigenvalue weighted by Crippen LogP contribution is 2.36. The molecule has 0 atom stereocenters. The van der Waals surface area contributed by atoms with Gasteiger partial charge in [0.2, 0.25) is 5.91 Å². The summed E-state index contributed by atoms with van der Waals surface area (Å²) in [6.07, 6.45) is 3.57. The number of thiophene rings is 1. The number of carbonyl (C=O) groups is 3. The van der Waals surface area contributed by atoms with E-state index in [-0.39, 0.29) is 23.3 Å². The number of piperidine rings is 1. The predicted octanol–water partition coefficient (Wildman–Crippen LogP) is 6.58. The van der Waals surface area contributed by atoms with Gasteiger partial charge >= 0.3 is 5.97 Å². The maximum Gasteiger partial charge on any atom is 0.365 e. The van der Waals surface area contributed by atoms with E-state index in [0.29, 0.717) is 78.0 Å². The highest BCUT2D eigenvalue weighted by molar-refractivity contribution is 7.14. The van der Waals surface area contributed by atoms with Crippen LogP contribution in [0.15, 0.2) is 78.9 Å². The second-order valence-electron chi connectivity index (χ2n) is 13.0. The lowest BCUT2D eigenvalue weighted by Crippen LogP contribution is -2.39. The summed E-state index contributed by atoms with van der Waals surface area (Å²) in [6, 6.07) is 23.3. The number of ether oxygens (including phenoxy) is 2. The molecule has 0 saturated carbocycles. The maximum absolute atomic E-state index is 14.3. The normalized spacial score (nSPS) is 16.2. The van der Waals surface area contributed by atoms with E-state index in [9.17, 15) is 18.8 Å². The zero-order valence-corrected chi connectivity index (χ0v) is 29.0. The van der Waals surface area contributed by atoms with Crippen LogP contribution in [-0.4, -0.2) is 59.2 Å². The Morgan fingerprint density at radius 3 is 2.35 bits per heavy atom. The lowest BCUT2D eigenvalue weighted by molar-refractivity contribution is -0.119. The Balaban J connectivity index is 1.05. The highest BCUT2D eigenvalue weighted by Gasteiger charge is 2.36. The number of esters is 1. The lowest BCUT2D eigenvalue weighted by Gasteiger charge is -2.29. The van der Waals surface area contributed by atoms with Gasteiger partial charge < -0.3 is 19.3 Å². The predicted molar refractivity (Wildman–Crippen MR) is 192 cm³/mol. The Kier molecular flexibility index (Phi) is 8.87. The summed E-state index contributed by atoms with van der Waals surface area (Å²) in [5, 5.41) is 5.16. The number of amides is 2. The first kappa shape index (κ1) is 32.9. The monoisotopic (exact) mass is 705 g/mol. The molecule has 0 radical (unpaired) electrons. The second-order valence-corrected chi connectivity index (χ2v) is 14.1. The molecule has 5 heterocycles. The van der Waals surface area contributed by atoms with Crippen LogP contribution in [-0.2, 0) is 30.7 Å². The van der Waals surface area contributed by atoms with Crippen molar-refractivity contribution in [3.8, 4) is 16.5 Å². The van der Waals surface area contributed by atoms with E-state index in [1.807, 2.05) is 36.4 Å². The number of benzene rings is 3. The van der Waals surface area contributed by atoms with Crippen LogP contribution in [0.1, 0.15) is 61.8 Å². The third-order valence-electron chi connectivity index (χ3n) is 9.79. The van der Waals surface area contributed by atoms with E-state index in [4.69, 9.17) is 14.6 Å². The summed E-state index contributed by atoms with van der Waals surface area (Å²) in [5.74, 6) is -0.376. The van der Waals surface area contributed by atoms with Crippen molar-refractivity contribution >= 4 is 40.5 Å². The zero-order valence-electron chi connectivity index (χ0n) is 28.1. The fourth-order valence-electron chi connectivity index (χ4n) is 7.13. The first-order valence-corrected chi connectivity index (χ1v) is 18.0. The van der Waals surface area contributed by atoms with Gasteiger partial charge in [0.05, 0.1) is 12.8 Å². The Labute approximate surface area is 298 Å². The standard InChI is InChI=1S/C39H36FN5O5S/c1-49-30-15-13-29(14-16-30)45-37-31(17-21-44(38(37)47)28-11-9-27(10-12-28)43-19-5-4-8-34(43)46)36(41-45)39(48)50-35-22-26-24-42(20-18-33(26)51-35)23-25-6-2-3-7-32(25)40/h2-3,6-7,9-16,22H,4-5,8,17-21,23-24H2,1H3. The van der Waals surface area contributed by atoms with Gasteiger partial charge in [-0.3, -0.25) is 14.5 Å². The van der Waals surface area contributed by atoms with Crippen LogP contribution < -0.4 is 19.3 Å². The summed E-state index contributed by atoms with van der Waals surface area (Å²) in [5.41, 5.74) is 4.74. The van der Waals surface area contributed by atoms with Crippen LogP contribution in [0.4, 0.5) is 15.8 Å². The van der Waals surface area contributed by atoms with Crippen LogP contribution in [0.3, 0.4) is 0 Å². The second kappa shape index (κ2) is 13.8. The average molecular weight is 706 g/mol. The molecule has 2 amide bonds. The molecule has 51 heavy (non-hydrogen) atoms. The Hall–Kier alpha value is -5.33. The molecule has 8 rings (SSSR count). The SMILES string of the molecule is COc1ccc(-n2nc(C(=O)Oc3cc4c(s3)CCN(Cc3ccccc3F)C4)c3c2C(=O)N(c2ccc(N4CCCCC4=O)cc2)CC3)cc1. The fourth-order valence-corrected chi connectivity index (χ4v) is 8.14. The van der Waals surface area contributed by atoms with Gasteiger partial charge in [0, 0.05) is 66.5 Å². The van der Waals surface area contributed by atoms with Crippen molar-refractivity contribution in [2.24, 2.45) is 0 Å². The first-order valence-electron chi connectivity index (χ1n) is 17.1. The van der Waals surface area contributed by atoms with Gasteiger partial charge in [-0.1, -0.05) is 18.2 Å². The van der Waals surface area contributed by atoms with E-state index < -0.39 is 5.97 Å². The van der Waals surface area contributed by atoms with Gasteiger partial charge in [-0.2, -0.15) is 5.10 Å². The van der Waals surface area contributed by atoms with Gasteiger partial charge in [-0.25, -0.2) is 13.9 Å². The number of aromatic nitrogens is 2. The molecular weight excluding hydrogens is 670 g/mol. The molecule has 0 unspecified atom stereocenters. The summed E-state index contributed by atoms with van der Waals surface area (Å²) < 4.78 is 27.1. The molecule has 1 saturated heterocycles. The van der Waals surface area contributed by atoms with Crippen molar-refractivity contribution in [3.05, 3.63) is 118 Å². The maximum atomic E-state index is 14.3. The number of hydrogen-bond acceptors (Lipinski definition) is 8. The van der Waals surface area contributed by atoms with Crippen molar-refractivity contribution in [1.29, 1.82) is 0 Å². The molecular formula is C39H36FN5O5S. The molecule has 260 valence electrons. The molecule has 0 spiro atoms. The number of methoxy groups -OCH3 is 1. The highest BCUT2D eigenvalue weighted by atomic mass is 32.1. The summed E-state index contributed by atoms with van der Waals surface area (Å²) in [4.78, 5) is 47.4. The van der Waals surface area contributed by atoms with E-state index in [2.05, 4.69) is 4.90 Å². The number of hydrogen-bond donors (Lipinski definition) is 0. The Bertz CT molecular complexity index is 2130. The summed E-state index contributed by atoms with van der Waals surface area (Å²) in [6.45, 7) is 2.92. The minimum atomic E-state index is -0.628. The largest absolute Gasteiger partial charge is 0.497 e. The van der Waals surface area contributed by atoms with Crippen LogP contribution in [0, 0.1) is 5.82 Å². The van der Waals surface area contributed by atoms with E-state index in [1.54, 1.807) is 53.3 Å². The van der Waals surface area contributed by atoms with Crippen molar-refractivity contribution in [2.45, 2.75) is 45.2 Å². The van der Waals surface area contributed by atoms with Crippen LogP contribution in [0.25, 0.3) is 5.69 Å². The minimum absolute atomic E-state index is 0.0975. The zero-order chi connectivity index (χ0) is 35.1. The van der Waals surface area contributed by atoms with Crippen molar-refractivity contribution in [1.82, 2.24) is 14.7 Å². The third-order valence-corrected chi connectivity index (χ3v) is 10.9. The van der Waals surface area contributed by atoms with Gasteiger partial charge in [0.15, 0.2) is 10.8 Å². The number of nitrogens with zero attached hydrogens (tertiary/aromatic N) is 5. The molecule has 0 bridgehead atoms. The molecule has 0 N–H and O–H groups in total. The van der Waals surface area contributed by atoms with E-state index in [1.165, 1.54) is 22.1 Å². The molecule has 5 aromatic rings. The fraction of sp³-hybridized carbons (Fsp3) is 0.282. The Morgan fingerprint density at radius 2 is 1.61 bits per heavy atom. The minimum Gasteiger partial charge on any atom is -0.497 e. The molecule has 10 nitrogen and oxygen atoms in total. The van der Waals surface area contributed by atoms with E-state index in [0.717, 1.165) is 41.9 Å². The molecule has 3 aromatic carbocycles. The number of anilines is 2. The van der Waals surface area contributed by atoms with Crippen LogP contribution in [0.2, 0.25) is 0 Å². The topological polar surface area (TPSA) is 97.2 Å². The molecule has 0 aliphatic carbocycles. The van der Waals surface area contributed by atoms with Gasteiger partial charge in [-0.15, -0.1) is 11.3 Å². The first-order chi connectivity index (χ1) is 24.9. The van der Waals surface area contributed by atoms with E-state index >= 15 is 0 Å². The average Bonchev–Trinajstić information content (AvgIpc) is 3.75. The molecule has 3 aliphatic rings. The molecule has 2 aromatic heterocycles. The molecule has 3 aliphatic heterocycles. The summed E-state index contributed by atoms with van der Waals surface area (Å²) in [7, 11) is 1.58. The van der Waals surface area contributed by atoms with Crippen LogP contribution >= 0.6 is 11.3 Å². The van der Waals surface area contributed by atoms with Gasteiger partial charge in [0.25, 0.3) is 5.91 Å². The molecule has 12 heteroatoms. The third kappa shape index (κ3) is 6.41. The molecule has 1 fully saturated rings. The smallest absolute Gasteiger partial charge is 0.365 e. The Morgan fingerprint density at radius 1 is 0.863 bits per heavy atom. The van der Waals surface area contributed by atoms with Crippen molar-refractivity contribution < 1.29 is 28.2 Å². The summed E-state index contributed by atoms with van der Waals surface area (Å²) >= 11 is 1.43.